The quantitative estimate of drug-likeness (QED) is 0.398. The maximum Gasteiger partial charge on any atom is 0.398 e. The topological polar surface area (TPSA) is 53.0 Å². The van der Waals surface area contributed by atoms with Crippen LogP contribution in [0.5, 0.6) is 0 Å². The number of aldehydes is 1. The van der Waals surface area contributed by atoms with Gasteiger partial charge in [0.25, 0.3) is 0 Å². The standard InChI is InChI=1S/C11H8ClF3O.C9H19N.CH3N/c12-9-3-1-2-8(7(9)6-16)10(4-5-10)11(13,14)15;1-5-6-7-9(10-4)8(2)3;1-2/h1-3,6H,4-5H2;10H,5-7H2,1-4H3;2H,1H2. The van der Waals surface area contributed by atoms with Gasteiger partial charge in [-0.3, -0.25) is 4.79 Å². The number of allylic oxidation sites excluding steroid dienone is 2. The summed E-state index contributed by atoms with van der Waals surface area (Å²) in [6.07, 6.45) is -0.108. The molecule has 0 heterocycles. The molecule has 0 bridgehead atoms. The van der Waals surface area contributed by atoms with Gasteiger partial charge in [0.2, 0.25) is 0 Å². The summed E-state index contributed by atoms with van der Waals surface area (Å²) in [7, 11) is 2.00. The van der Waals surface area contributed by atoms with Crippen LogP contribution in [0, 0.1) is 5.41 Å². The smallest absolute Gasteiger partial charge is 0.391 e. The molecule has 0 atom stereocenters. The van der Waals surface area contributed by atoms with Crippen molar-refractivity contribution in [2.45, 2.75) is 64.5 Å². The van der Waals surface area contributed by atoms with Crippen LogP contribution in [0.4, 0.5) is 13.2 Å². The lowest BCUT2D eigenvalue weighted by Crippen LogP contribution is -2.29. The fraction of sp³-hybridized carbons (Fsp3) is 0.524. The van der Waals surface area contributed by atoms with E-state index in [-0.39, 0.29) is 29.0 Å². The lowest BCUT2D eigenvalue weighted by atomic mass is 9.91. The largest absolute Gasteiger partial charge is 0.398 e. The van der Waals surface area contributed by atoms with Gasteiger partial charge in [0, 0.05) is 18.3 Å². The van der Waals surface area contributed by atoms with Crippen LogP contribution in [0.2, 0.25) is 5.02 Å². The number of hydrogen-bond acceptors (Lipinski definition) is 3. The van der Waals surface area contributed by atoms with Gasteiger partial charge in [-0.2, -0.15) is 13.2 Å². The number of unbranched alkanes of at least 4 members (excludes halogenated alkanes) is 1. The normalized spacial score (nSPS) is 13.9. The lowest BCUT2D eigenvalue weighted by Gasteiger charge is -2.21. The molecule has 0 spiro atoms. The Morgan fingerprint density at radius 3 is 2.25 bits per heavy atom. The first-order chi connectivity index (χ1) is 13.1. The number of halogens is 4. The Hall–Kier alpha value is -1.82. The summed E-state index contributed by atoms with van der Waals surface area (Å²) in [5.41, 5.74) is 0.924. The number of benzene rings is 1. The molecule has 1 aromatic carbocycles. The highest BCUT2D eigenvalue weighted by Gasteiger charge is 2.64. The predicted molar refractivity (Wildman–Crippen MR) is 111 cm³/mol. The van der Waals surface area contributed by atoms with Gasteiger partial charge in [0.15, 0.2) is 6.29 Å². The van der Waals surface area contributed by atoms with Gasteiger partial charge in [0.05, 0.1) is 10.4 Å². The molecule has 0 aliphatic heterocycles. The molecule has 1 saturated carbocycles. The molecular formula is C21H30ClF3N2O. The Morgan fingerprint density at radius 1 is 1.32 bits per heavy atom. The van der Waals surface area contributed by atoms with Gasteiger partial charge in [-0.05, 0) is 57.9 Å². The third-order valence-corrected chi connectivity index (χ3v) is 4.99. The molecule has 28 heavy (non-hydrogen) atoms. The lowest BCUT2D eigenvalue weighted by molar-refractivity contribution is -0.160. The first-order valence-electron chi connectivity index (χ1n) is 9.15. The monoisotopic (exact) mass is 418 g/mol. The van der Waals surface area contributed by atoms with Crippen LogP contribution in [-0.2, 0) is 5.41 Å². The molecule has 0 unspecified atom stereocenters. The van der Waals surface area contributed by atoms with Gasteiger partial charge in [-0.15, -0.1) is 0 Å². The van der Waals surface area contributed by atoms with Gasteiger partial charge in [-0.1, -0.05) is 42.7 Å². The van der Waals surface area contributed by atoms with Crippen LogP contribution in [0.15, 0.2) is 29.5 Å². The van der Waals surface area contributed by atoms with E-state index in [1.54, 1.807) is 0 Å². The van der Waals surface area contributed by atoms with Crippen molar-refractivity contribution in [3.05, 3.63) is 45.6 Å². The van der Waals surface area contributed by atoms with E-state index in [0.29, 0.717) is 6.29 Å². The van der Waals surface area contributed by atoms with E-state index in [4.69, 9.17) is 17.0 Å². The second-order valence-electron chi connectivity index (χ2n) is 6.73. The number of carbonyl (C=O) groups excluding carboxylic acids is 1. The summed E-state index contributed by atoms with van der Waals surface area (Å²) < 4.78 is 38.6. The van der Waals surface area contributed by atoms with Crippen molar-refractivity contribution in [3.8, 4) is 0 Å². The van der Waals surface area contributed by atoms with E-state index < -0.39 is 11.6 Å². The molecule has 1 aliphatic carbocycles. The van der Waals surface area contributed by atoms with Crippen molar-refractivity contribution >= 4 is 24.6 Å². The Kier molecular flexibility index (Phi) is 11.1. The summed E-state index contributed by atoms with van der Waals surface area (Å²) in [6, 6.07) is 4.19. The van der Waals surface area contributed by atoms with Crippen molar-refractivity contribution in [1.29, 1.82) is 5.41 Å². The molecule has 1 fully saturated rings. The minimum Gasteiger partial charge on any atom is -0.391 e. The zero-order valence-electron chi connectivity index (χ0n) is 17.0. The summed E-state index contributed by atoms with van der Waals surface area (Å²) in [5.74, 6) is 0. The van der Waals surface area contributed by atoms with Crippen LogP contribution >= 0.6 is 11.6 Å². The fourth-order valence-corrected chi connectivity index (χ4v) is 3.10. The Bertz CT molecular complexity index is 664. The van der Waals surface area contributed by atoms with Crippen molar-refractivity contribution in [2.75, 3.05) is 7.05 Å². The molecule has 2 rings (SSSR count). The Labute approximate surface area is 170 Å². The maximum atomic E-state index is 12.9. The van der Waals surface area contributed by atoms with Crippen LogP contribution in [0.25, 0.3) is 0 Å². The third kappa shape index (κ3) is 6.66. The molecule has 0 aromatic heterocycles. The minimum absolute atomic E-state index is 0.00231. The molecule has 0 saturated heterocycles. The van der Waals surface area contributed by atoms with Crippen LogP contribution in [0.1, 0.15) is 68.8 Å². The van der Waals surface area contributed by atoms with Crippen LogP contribution in [-0.4, -0.2) is 26.2 Å². The second-order valence-corrected chi connectivity index (χ2v) is 7.14. The highest BCUT2D eigenvalue weighted by Crippen LogP contribution is 2.59. The van der Waals surface area contributed by atoms with E-state index >= 15 is 0 Å². The van der Waals surface area contributed by atoms with Crippen molar-refractivity contribution in [1.82, 2.24) is 5.32 Å². The average molecular weight is 419 g/mol. The number of hydrogen-bond donors (Lipinski definition) is 2. The molecule has 3 nitrogen and oxygen atoms in total. The number of carbonyl (C=O) groups is 1. The van der Waals surface area contributed by atoms with Crippen LogP contribution in [0.3, 0.4) is 0 Å². The SMILES string of the molecule is C=N.CCCCC(NC)=C(C)C.O=Cc1c(Cl)cccc1C1(C(F)(F)F)CC1. The van der Waals surface area contributed by atoms with Gasteiger partial charge < -0.3 is 10.7 Å². The molecular weight excluding hydrogens is 389 g/mol. The first-order valence-corrected chi connectivity index (χ1v) is 9.52. The third-order valence-electron chi connectivity index (χ3n) is 4.66. The van der Waals surface area contributed by atoms with Crippen LogP contribution < -0.4 is 5.32 Å². The van der Waals surface area contributed by atoms with Gasteiger partial charge in [-0.25, -0.2) is 0 Å². The molecule has 0 radical (unpaired) electrons. The highest BCUT2D eigenvalue weighted by molar-refractivity contribution is 6.33. The zero-order chi connectivity index (χ0) is 22.0. The van der Waals surface area contributed by atoms with E-state index in [9.17, 15) is 18.0 Å². The summed E-state index contributed by atoms with van der Waals surface area (Å²) in [4.78, 5) is 10.8. The maximum absolute atomic E-state index is 12.9. The summed E-state index contributed by atoms with van der Waals surface area (Å²) in [5, 5.41) is 8.79. The van der Waals surface area contributed by atoms with Gasteiger partial charge in [0.1, 0.15) is 0 Å². The number of nitrogens with one attached hydrogen (secondary N) is 2. The first kappa shape index (κ1) is 26.2. The molecule has 158 valence electrons. The predicted octanol–water partition coefficient (Wildman–Crippen LogP) is 6.70. The van der Waals surface area contributed by atoms with Crippen molar-refractivity contribution in [2.24, 2.45) is 0 Å². The molecule has 2 N–H and O–H groups in total. The summed E-state index contributed by atoms with van der Waals surface area (Å²) in [6.45, 7) is 9.03. The van der Waals surface area contributed by atoms with Crippen molar-refractivity contribution in [3.63, 3.8) is 0 Å². The molecule has 7 heteroatoms. The average Bonchev–Trinajstić information content (AvgIpc) is 3.46. The molecule has 1 aliphatic rings. The number of alkyl halides is 3. The Morgan fingerprint density at radius 2 is 1.89 bits per heavy atom. The summed E-state index contributed by atoms with van der Waals surface area (Å²) >= 11 is 5.71. The Balaban J connectivity index is 0.000000528. The molecule has 1 aromatic rings. The van der Waals surface area contributed by atoms with Gasteiger partial charge >= 0.3 is 6.18 Å². The minimum atomic E-state index is -4.32. The highest BCUT2D eigenvalue weighted by atomic mass is 35.5. The van der Waals surface area contributed by atoms with E-state index in [0.717, 1.165) is 0 Å². The van der Waals surface area contributed by atoms with E-state index in [1.165, 1.54) is 48.7 Å². The van der Waals surface area contributed by atoms with Crippen molar-refractivity contribution < 1.29 is 18.0 Å². The van der Waals surface area contributed by atoms with E-state index in [2.05, 4.69) is 32.8 Å². The fourth-order valence-electron chi connectivity index (χ4n) is 2.88. The second kappa shape index (κ2) is 11.9. The zero-order valence-corrected chi connectivity index (χ0v) is 17.7. The number of rotatable bonds is 6. The van der Waals surface area contributed by atoms with E-state index in [1.807, 2.05) is 7.05 Å². The molecule has 0 amide bonds.